The second-order valence-electron chi connectivity index (χ2n) is 4.03. The van der Waals surface area contributed by atoms with Gasteiger partial charge in [-0.05, 0) is 36.8 Å². The Labute approximate surface area is 124 Å². The molecule has 0 radical (unpaired) electrons. The highest BCUT2D eigenvalue weighted by Crippen LogP contribution is 2.18. The van der Waals surface area contributed by atoms with Crippen molar-refractivity contribution in [1.29, 1.82) is 0 Å². The second kappa shape index (κ2) is 6.29. The number of rotatable bonds is 4. The van der Waals surface area contributed by atoms with Gasteiger partial charge >= 0.3 is 0 Å². The molecule has 0 aliphatic heterocycles. The molecular formula is C14H11BrN2O3. The minimum Gasteiger partial charge on any atom is -0.357 e. The number of benzene rings is 2. The molecule has 20 heavy (non-hydrogen) atoms. The molecule has 6 heteroatoms. The van der Waals surface area contributed by atoms with Gasteiger partial charge in [0.25, 0.3) is 5.69 Å². The molecule has 0 aliphatic rings. The average Bonchev–Trinajstić information content (AvgIpc) is 2.46. The maximum absolute atomic E-state index is 10.5. The summed E-state index contributed by atoms with van der Waals surface area (Å²) in [5.74, 6) is 0.451. The lowest BCUT2D eigenvalue weighted by Gasteiger charge is -2.02. The lowest BCUT2D eigenvalue weighted by atomic mass is 10.1. The SMILES string of the molecule is CC(=NOc1ccc([N+](=O)[O-])cc1)c1ccc(Br)cc1. The van der Waals surface area contributed by atoms with Crippen LogP contribution in [0.25, 0.3) is 0 Å². The average molecular weight is 335 g/mol. The van der Waals surface area contributed by atoms with E-state index in [9.17, 15) is 10.1 Å². The minimum atomic E-state index is -0.458. The molecule has 2 aromatic rings. The highest BCUT2D eigenvalue weighted by Gasteiger charge is 2.04. The van der Waals surface area contributed by atoms with Crippen LogP contribution >= 0.6 is 15.9 Å². The van der Waals surface area contributed by atoms with Crippen molar-refractivity contribution in [3.8, 4) is 5.75 Å². The van der Waals surface area contributed by atoms with Crippen molar-refractivity contribution in [2.75, 3.05) is 0 Å². The predicted molar refractivity (Wildman–Crippen MR) is 80.1 cm³/mol. The zero-order chi connectivity index (χ0) is 14.5. The number of oxime groups is 1. The maximum Gasteiger partial charge on any atom is 0.269 e. The highest BCUT2D eigenvalue weighted by molar-refractivity contribution is 9.10. The van der Waals surface area contributed by atoms with E-state index in [-0.39, 0.29) is 5.69 Å². The molecule has 0 fully saturated rings. The molecule has 5 nitrogen and oxygen atoms in total. The quantitative estimate of drug-likeness (QED) is 0.479. The zero-order valence-corrected chi connectivity index (χ0v) is 12.2. The molecule has 102 valence electrons. The van der Waals surface area contributed by atoms with Crippen molar-refractivity contribution in [3.05, 3.63) is 68.7 Å². The van der Waals surface area contributed by atoms with Crippen LogP contribution in [-0.4, -0.2) is 10.6 Å². The van der Waals surface area contributed by atoms with E-state index in [2.05, 4.69) is 21.1 Å². The second-order valence-corrected chi connectivity index (χ2v) is 4.94. The van der Waals surface area contributed by atoms with Crippen LogP contribution in [0.3, 0.4) is 0 Å². The molecule has 0 aliphatic carbocycles. The number of hydrogen-bond acceptors (Lipinski definition) is 4. The number of hydrogen-bond donors (Lipinski definition) is 0. The summed E-state index contributed by atoms with van der Waals surface area (Å²) in [6.07, 6.45) is 0. The smallest absolute Gasteiger partial charge is 0.269 e. The summed E-state index contributed by atoms with van der Waals surface area (Å²) in [4.78, 5) is 15.3. The Balaban J connectivity index is 2.08. The van der Waals surface area contributed by atoms with Crippen molar-refractivity contribution in [2.45, 2.75) is 6.92 Å². The molecular weight excluding hydrogens is 324 g/mol. The summed E-state index contributed by atoms with van der Waals surface area (Å²) in [5.41, 5.74) is 1.68. The summed E-state index contributed by atoms with van der Waals surface area (Å²) in [6, 6.07) is 13.4. The first-order valence-corrected chi connectivity index (χ1v) is 6.57. The Kier molecular flexibility index (Phi) is 4.47. The molecule has 0 heterocycles. The topological polar surface area (TPSA) is 64.7 Å². The first-order chi connectivity index (χ1) is 9.56. The highest BCUT2D eigenvalue weighted by atomic mass is 79.9. The van der Waals surface area contributed by atoms with Gasteiger partial charge < -0.3 is 4.84 Å². The molecule has 0 saturated heterocycles. The molecule has 0 aromatic heterocycles. The Morgan fingerprint density at radius 2 is 1.75 bits per heavy atom. The number of nitro benzene ring substituents is 1. The van der Waals surface area contributed by atoms with E-state index in [1.54, 1.807) is 0 Å². The van der Waals surface area contributed by atoms with Gasteiger partial charge in [-0.15, -0.1) is 0 Å². The van der Waals surface area contributed by atoms with E-state index in [0.29, 0.717) is 5.75 Å². The predicted octanol–water partition coefficient (Wildman–Crippen LogP) is 4.16. The van der Waals surface area contributed by atoms with Gasteiger partial charge in [-0.1, -0.05) is 33.2 Å². The van der Waals surface area contributed by atoms with Crippen molar-refractivity contribution in [1.82, 2.24) is 0 Å². The molecule has 0 saturated carbocycles. The van der Waals surface area contributed by atoms with Gasteiger partial charge in [0.2, 0.25) is 0 Å². The Morgan fingerprint density at radius 3 is 2.30 bits per heavy atom. The third-order valence-corrected chi connectivity index (χ3v) is 3.13. The Bertz CT molecular complexity index is 636. The van der Waals surface area contributed by atoms with Gasteiger partial charge in [0, 0.05) is 16.6 Å². The van der Waals surface area contributed by atoms with Crippen molar-refractivity contribution in [2.24, 2.45) is 5.16 Å². The summed E-state index contributed by atoms with van der Waals surface area (Å²) in [6.45, 7) is 1.83. The lowest BCUT2D eigenvalue weighted by Crippen LogP contribution is -1.97. The van der Waals surface area contributed by atoms with Crippen LogP contribution in [0.2, 0.25) is 0 Å². The minimum absolute atomic E-state index is 0.0194. The third-order valence-electron chi connectivity index (χ3n) is 2.60. The Hall–Kier alpha value is -2.21. The third kappa shape index (κ3) is 3.64. The molecule has 0 unspecified atom stereocenters. The van der Waals surface area contributed by atoms with Gasteiger partial charge in [-0.3, -0.25) is 10.1 Å². The van der Waals surface area contributed by atoms with Crippen LogP contribution in [0.4, 0.5) is 5.69 Å². The molecule has 0 amide bonds. The Morgan fingerprint density at radius 1 is 1.15 bits per heavy atom. The first kappa shape index (κ1) is 14.2. The zero-order valence-electron chi connectivity index (χ0n) is 10.6. The van der Waals surface area contributed by atoms with E-state index in [4.69, 9.17) is 4.84 Å². The van der Waals surface area contributed by atoms with Crippen LogP contribution in [0.5, 0.6) is 5.75 Å². The number of halogens is 1. The fraction of sp³-hybridized carbons (Fsp3) is 0.0714. The summed E-state index contributed by atoms with van der Waals surface area (Å²) in [7, 11) is 0. The van der Waals surface area contributed by atoms with Gasteiger partial charge in [0.05, 0.1) is 10.6 Å². The normalized spacial score (nSPS) is 11.2. The van der Waals surface area contributed by atoms with E-state index in [1.165, 1.54) is 24.3 Å². The van der Waals surface area contributed by atoms with Gasteiger partial charge in [0.15, 0.2) is 5.75 Å². The molecule has 2 aromatic carbocycles. The standard InChI is InChI=1S/C14H11BrN2O3/c1-10(11-2-4-12(15)5-3-11)16-20-14-8-6-13(7-9-14)17(18)19/h2-9H,1H3. The van der Waals surface area contributed by atoms with E-state index in [0.717, 1.165) is 15.7 Å². The van der Waals surface area contributed by atoms with Crippen molar-refractivity contribution < 1.29 is 9.76 Å². The van der Waals surface area contributed by atoms with Gasteiger partial charge in [-0.25, -0.2) is 0 Å². The van der Waals surface area contributed by atoms with Crippen molar-refractivity contribution >= 4 is 27.3 Å². The molecule has 0 spiro atoms. The largest absolute Gasteiger partial charge is 0.357 e. The molecule has 2 rings (SSSR count). The fourth-order valence-electron chi connectivity index (χ4n) is 1.49. The van der Waals surface area contributed by atoms with Gasteiger partial charge in [0.1, 0.15) is 0 Å². The van der Waals surface area contributed by atoms with Crippen LogP contribution < -0.4 is 4.84 Å². The van der Waals surface area contributed by atoms with Crippen molar-refractivity contribution in [3.63, 3.8) is 0 Å². The summed E-state index contributed by atoms with van der Waals surface area (Å²) < 4.78 is 0.991. The monoisotopic (exact) mass is 334 g/mol. The molecule has 0 N–H and O–H groups in total. The van der Waals surface area contributed by atoms with Crippen LogP contribution in [0, 0.1) is 10.1 Å². The first-order valence-electron chi connectivity index (χ1n) is 5.78. The van der Waals surface area contributed by atoms with Crippen LogP contribution in [-0.2, 0) is 0 Å². The van der Waals surface area contributed by atoms with Crippen LogP contribution in [0.1, 0.15) is 12.5 Å². The van der Waals surface area contributed by atoms with E-state index >= 15 is 0 Å². The fourth-order valence-corrected chi connectivity index (χ4v) is 1.76. The molecule has 0 atom stereocenters. The lowest BCUT2D eigenvalue weighted by molar-refractivity contribution is -0.384. The summed E-state index contributed by atoms with van der Waals surface area (Å²) >= 11 is 3.36. The van der Waals surface area contributed by atoms with Gasteiger partial charge in [-0.2, -0.15) is 0 Å². The van der Waals surface area contributed by atoms with E-state index in [1.807, 2.05) is 31.2 Å². The number of nitrogens with zero attached hydrogens (tertiary/aromatic N) is 2. The van der Waals surface area contributed by atoms with Crippen LogP contribution in [0.15, 0.2) is 58.2 Å². The maximum atomic E-state index is 10.5. The van der Waals surface area contributed by atoms with E-state index < -0.39 is 4.92 Å². The summed E-state index contributed by atoms with van der Waals surface area (Å²) in [5, 5.41) is 14.5. The molecule has 0 bridgehead atoms. The number of nitro groups is 1. The number of non-ortho nitro benzene ring substituents is 1.